The van der Waals surface area contributed by atoms with E-state index in [1.165, 1.54) is 36.4 Å². The van der Waals surface area contributed by atoms with Gasteiger partial charge in [-0.1, -0.05) is 11.6 Å². The Hall–Kier alpha value is -2.69. The van der Waals surface area contributed by atoms with E-state index in [-0.39, 0.29) is 34.4 Å². The van der Waals surface area contributed by atoms with Gasteiger partial charge in [0.05, 0.1) is 20.4 Å². The van der Waals surface area contributed by atoms with Crippen molar-refractivity contribution < 1.29 is 27.6 Å². The molecule has 0 amide bonds. The van der Waals surface area contributed by atoms with Crippen LogP contribution < -0.4 is 9.88 Å². The third-order valence-electron chi connectivity index (χ3n) is 3.12. The van der Waals surface area contributed by atoms with Gasteiger partial charge in [0.15, 0.2) is 0 Å². The SMILES string of the molecule is NS(=O)(=O)c1ccc(OCCOC(=O)c2cc([N+](=O)[O-])ccc2Cl)cc1. The molecule has 11 heteroatoms. The molecule has 0 saturated carbocycles. The molecule has 2 aromatic carbocycles. The van der Waals surface area contributed by atoms with E-state index in [4.69, 9.17) is 26.2 Å². The molecule has 0 radical (unpaired) electrons. The molecule has 0 bridgehead atoms. The van der Waals surface area contributed by atoms with Gasteiger partial charge in [0, 0.05) is 12.1 Å². The molecule has 2 N–H and O–H groups in total. The van der Waals surface area contributed by atoms with Crippen LogP contribution in [-0.4, -0.2) is 32.5 Å². The zero-order valence-electron chi connectivity index (χ0n) is 13.1. The maximum atomic E-state index is 11.9. The Morgan fingerprint density at radius 2 is 1.81 bits per heavy atom. The summed E-state index contributed by atoms with van der Waals surface area (Å²) in [6.07, 6.45) is 0. The lowest BCUT2D eigenvalue weighted by molar-refractivity contribution is -0.384. The maximum Gasteiger partial charge on any atom is 0.340 e. The fraction of sp³-hybridized carbons (Fsp3) is 0.133. The Morgan fingerprint density at radius 1 is 1.15 bits per heavy atom. The van der Waals surface area contributed by atoms with E-state index >= 15 is 0 Å². The Bertz CT molecular complexity index is 930. The summed E-state index contributed by atoms with van der Waals surface area (Å²) in [5.74, 6) is -0.478. The van der Waals surface area contributed by atoms with Crippen molar-refractivity contribution in [2.24, 2.45) is 5.14 Å². The standard InChI is InChI=1S/C15H13ClN2O7S/c16-14-6-1-10(18(20)21)9-13(14)15(19)25-8-7-24-11-2-4-12(5-3-11)26(17,22)23/h1-6,9H,7-8H2,(H2,17,22,23). The summed E-state index contributed by atoms with van der Waals surface area (Å²) in [7, 11) is -3.79. The molecular formula is C15H13ClN2O7S. The topological polar surface area (TPSA) is 139 Å². The van der Waals surface area contributed by atoms with E-state index in [0.717, 1.165) is 6.07 Å². The number of nitro groups is 1. The summed E-state index contributed by atoms with van der Waals surface area (Å²) in [5.41, 5.74) is -0.411. The lowest BCUT2D eigenvalue weighted by Gasteiger charge is -2.08. The van der Waals surface area contributed by atoms with Crippen molar-refractivity contribution >= 4 is 33.3 Å². The van der Waals surface area contributed by atoms with Gasteiger partial charge in [0.1, 0.15) is 19.0 Å². The highest BCUT2D eigenvalue weighted by atomic mass is 35.5. The first-order valence-corrected chi connectivity index (χ1v) is 8.97. The molecule has 2 rings (SSSR count). The van der Waals surface area contributed by atoms with Crippen molar-refractivity contribution in [1.82, 2.24) is 0 Å². The number of carbonyl (C=O) groups is 1. The molecule has 9 nitrogen and oxygen atoms in total. The average molecular weight is 401 g/mol. The van der Waals surface area contributed by atoms with Crippen molar-refractivity contribution in [1.29, 1.82) is 0 Å². The highest BCUT2D eigenvalue weighted by molar-refractivity contribution is 7.89. The first kappa shape index (κ1) is 19.6. The third kappa shape index (κ3) is 5.15. The predicted molar refractivity (Wildman–Crippen MR) is 91.7 cm³/mol. The minimum Gasteiger partial charge on any atom is -0.490 e. The zero-order chi connectivity index (χ0) is 19.3. The Balaban J connectivity index is 1.89. The summed E-state index contributed by atoms with van der Waals surface area (Å²) in [5, 5.41) is 15.7. The van der Waals surface area contributed by atoms with Gasteiger partial charge in [-0.2, -0.15) is 0 Å². The fourth-order valence-corrected chi connectivity index (χ4v) is 2.59. The van der Waals surface area contributed by atoms with Crippen molar-refractivity contribution in [2.45, 2.75) is 4.90 Å². The molecule has 0 saturated heterocycles. The second-order valence-electron chi connectivity index (χ2n) is 4.92. The monoisotopic (exact) mass is 400 g/mol. The number of ether oxygens (including phenoxy) is 2. The van der Waals surface area contributed by atoms with Crippen molar-refractivity contribution in [3.8, 4) is 5.75 Å². The van der Waals surface area contributed by atoms with Gasteiger partial charge in [-0.15, -0.1) is 0 Å². The smallest absolute Gasteiger partial charge is 0.340 e. The Kier molecular flexibility index (Phi) is 6.14. The van der Waals surface area contributed by atoms with Crippen LogP contribution in [0.3, 0.4) is 0 Å². The molecule has 0 spiro atoms. The van der Waals surface area contributed by atoms with Crippen LogP contribution in [0.25, 0.3) is 0 Å². The van der Waals surface area contributed by atoms with Crippen LogP contribution in [0.1, 0.15) is 10.4 Å². The molecule has 0 fully saturated rings. The van der Waals surface area contributed by atoms with Gasteiger partial charge in [0.25, 0.3) is 5.69 Å². The number of benzene rings is 2. The molecule has 138 valence electrons. The normalized spacial score (nSPS) is 11.0. The summed E-state index contributed by atoms with van der Waals surface area (Å²) < 4.78 is 32.5. The summed E-state index contributed by atoms with van der Waals surface area (Å²) in [6, 6.07) is 8.79. The molecule has 0 unspecified atom stereocenters. The van der Waals surface area contributed by atoms with Gasteiger partial charge in [-0.3, -0.25) is 10.1 Å². The van der Waals surface area contributed by atoms with Crippen molar-refractivity contribution in [2.75, 3.05) is 13.2 Å². The Morgan fingerprint density at radius 3 is 2.38 bits per heavy atom. The van der Waals surface area contributed by atoms with Gasteiger partial charge in [-0.25, -0.2) is 18.4 Å². The van der Waals surface area contributed by atoms with Gasteiger partial charge in [0.2, 0.25) is 10.0 Å². The highest BCUT2D eigenvalue weighted by Crippen LogP contribution is 2.22. The van der Waals surface area contributed by atoms with Crippen LogP contribution in [0.4, 0.5) is 5.69 Å². The van der Waals surface area contributed by atoms with Gasteiger partial charge in [-0.05, 0) is 30.3 Å². The highest BCUT2D eigenvalue weighted by Gasteiger charge is 2.17. The minimum atomic E-state index is -3.79. The largest absolute Gasteiger partial charge is 0.490 e. The lowest BCUT2D eigenvalue weighted by atomic mass is 10.2. The Labute approximate surface area is 153 Å². The van der Waals surface area contributed by atoms with Crippen LogP contribution in [0.15, 0.2) is 47.4 Å². The van der Waals surface area contributed by atoms with E-state index in [2.05, 4.69) is 0 Å². The molecule has 0 aromatic heterocycles. The number of nitrogens with two attached hydrogens (primary N) is 1. The summed E-state index contributed by atoms with van der Waals surface area (Å²) in [4.78, 5) is 22.0. The number of hydrogen-bond acceptors (Lipinski definition) is 7. The lowest BCUT2D eigenvalue weighted by Crippen LogP contribution is -2.13. The number of esters is 1. The summed E-state index contributed by atoms with van der Waals surface area (Å²) >= 11 is 5.84. The van der Waals surface area contributed by atoms with Gasteiger partial charge >= 0.3 is 5.97 Å². The molecular weight excluding hydrogens is 388 g/mol. The van der Waals surface area contributed by atoms with Crippen LogP contribution in [0.5, 0.6) is 5.75 Å². The zero-order valence-corrected chi connectivity index (χ0v) is 14.7. The molecule has 0 atom stereocenters. The third-order valence-corrected chi connectivity index (χ3v) is 4.38. The maximum absolute atomic E-state index is 11.9. The first-order valence-electron chi connectivity index (χ1n) is 7.05. The van der Waals surface area contributed by atoms with E-state index < -0.39 is 20.9 Å². The molecule has 0 aliphatic carbocycles. The number of non-ortho nitro benzene ring substituents is 1. The quantitative estimate of drug-likeness (QED) is 0.325. The first-order chi connectivity index (χ1) is 12.2. The van der Waals surface area contributed by atoms with Crippen LogP contribution in [-0.2, 0) is 14.8 Å². The number of halogens is 1. The number of hydrogen-bond donors (Lipinski definition) is 1. The molecule has 0 aliphatic rings. The van der Waals surface area contributed by atoms with E-state index in [0.29, 0.717) is 5.75 Å². The van der Waals surface area contributed by atoms with Gasteiger partial charge < -0.3 is 9.47 Å². The molecule has 26 heavy (non-hydrogen) atoms. The van der Waals surface area contributed by atoms with E-state index in [1.54, 1.807) is 0 Å². The molecule has 0 heterocycles. The van der Waals surface area contributed by atoms with Crippen molar-refractivity contribution in [3.05, 3.63) is 63.2 Å². The van der Waals surface area contributed by atoms with Crippen molar-refractivity contribution in [3.63, 3.8) is 0 Å². The summed E-state index contributed by atoms with van der Waals surface area (Å²) in [6.45, 7) is -0.165. The average Bonchev–Trinajstić information content (AvgIpc) is 2.58. The predicted octanol–water partition coefficient (Wildman–Crippen LogP) is 2.13. The number of nitrogens with zero attached hydrogens (tertiary/aromatic N) is 1. The van der Waals surface area contributed by atoms with Crippen LogP contribution in [0, 0.1) is 10.1 Å². The fourth-order valence-electron chi connectivity index (χ4n) is 1.88. The second-order valence-corrected chi connectivity index (χ2v) is 6.89. The number of primary sulfonamides is 1. The van der Waals surface area contributed by atoms with Crippen LogP contribution in [0.2, 0.25) is 5.02 Å². The molecule has 2 aromatic rings. The van der Waals surface area contributed by atoms with E-state index in [1.807, 2.05) is 0 Å². The number of sulfonamides is 1. The minimum absolute atomic E-state index is 0.0208. The number of carbonyl (C=O) groups excluding carboxylic acids is 1. The molecule has 0 aliphatic heterocycles. The number of nitro benzene ring substituents is 1. The number of rotatable bonds is 7. The van der Waals surface area contributed by atoms with Crippen LogP contribution >= 0.6 is 11.6 Å². The van der Waals surface area contributed by atoms with E-state index in [9.17, 15) is 23.3 Å². The second kappa shape index (κ2) is 8.13.